The summed E-state index contributed by atoms with van der Waals surface area (Å²) < 4.78 is 10.1. The second-order valence-corrected chi connectivity index (χ2v) is 6.85. The van der Waals surface area contributed by atoms with Gasteiger partial charge in [-0.05, 0) is 37.6 Å². The Kier molecular flexibility index (Phi) is 6.96. The van der Waals surface area contributed by atoms with Crippen LogP contribution < -0.4 is 16.1 Å². The zero-order valence-corrected chi connectivity index (χ0v) is 17.5. The number of amides is 2. The van der Waals surface area contributed by atoms with Crippen molar-refractivity contribution in [3.05, 3.63) is 70.0 Å². The maximum absolute atomic E-state index is 12.8. The molecule has 0 spiro atoms. The molecule has 3 rings (SSSR count). The third kappa shape index (κ3) is 4.81. The van der Waals surface area contributed by atoms with Crippen LogP contribution in [0.1, 0.15) is 29.9 Å². The van der Waals surface area contributed by atoms with Crippen molar-refractivity contribution in [2.24, 2.45) is 5.73 Å². The molecule has 0 unspecified atom stereocenters. The van der Waals surface area contributed by atoms with Gasteiger partial charge in [-0.25, -0.2) is 14.5 Å². The normalized spacial score (nSPS) is 11.6. The molecule has 10 heteroatoms. The number of aromatic nitrogens is 2. The Hall–Kier alpha value is -4.05. The van der Waals surface area contributed by atoms with Crippen molar-refractivity contribution in [3.8, 4) is 0 Å². The second kappa shape index (κ2) is 9.84. The van der Waals surface area contributed by atoms with Gasteiger partial charge in [-0.3, -0.25) is 14.7 Å². The fraction of sp³-hybridized carbons (Fsp3) is 0.227. The number of aromatic amines is 1. The van der Waals surface area contributed by atoms with Crippen LogP contribution in [0.2, 0.25) is 0 Å². The van der Waals surface area contributed by atoms with Gasteiger partial charge in [0.25, 0.3) is 5.91 Å². The number of anilines is 1. The highest BCUT2D eigenvalue weighted by Crippen LogP contribution is 2.21. The first-order valence-corrected chi connectivity index (χ1v) is 9.83. The molecule has 0 saturated heterocycles. The van der Waals surface area contributed by atoms with Gasteiger partial charge >= 0.3 is 12.1 Å². The molecule has 3 N–H and O–H groups in total. The third-order valence-corrected chi connectivity index (χ3v) is 4.48. The molecule has 0 aliphatic heterocycles. The van der Waals surface area contributed by atoms with Crippen LogP contribution in [0.3, 0.4) is 0 Å². The summed E-state index contributed by atoms with van der Waals surface area (Å²) >= 11 is 0. The van der Waals surface area contributed by atoms with Gasteiger partial charge in [0.2, 0.25) is 11.1 Å². The van der Waals surface area contributed by atoms with Crippen molar-refractivity contribution in [1.82, 2.24) is 10.2 Å². The van der Waals surface area contributed by atoms with E-state index in [1.54, 1.807) is 31.2 Å². The summed E-state index contributed by atoms with van der Waals surface area (Å²) in [7, 11) is 0. The topological polar surface area (TPSA) is 145 Å². The molecule has 0 radical (unpaired) electrons. The minimum absolute atomic E-state index is 0.0406. The van der Waals surface area contributed by atoms with Crippen molar-refractivity contribution >= 4 is 34.6 Å². The molecule has 0 aliphatic rings. The molecule has 166 valence electrons. The van der Waals surface area contributed by atoms with Crippen LogP contribution in [0.4, 0.5) is 10.5 Å². The van der Waals surface area contributed by atoms with Crippen LogP contribution in [0.15, 0.2) is 53.3 Å². The van der Waals surface area contributed by atoms with Crippen LogP contribution in [0.25, 0.3) is 10.9 Å². The Morgan fingerprint density at radius 2 is 1.84 bits per heavy atom. The van der Waals surface area contributed by atoms with Crippen molar-refractivity contribution < 1.29 is 23.9 Å². The summed E-state index contributed by atoms with van der Waals surface area (Å²) in [5, 5.41) is 6.40. The van der Waals surface area contributed by atoms with Gasteiger partial charge in [-0.2, -0.15) is 5.10 Å². The molecule has 0 fully saturated rings. The lowest BCUT2D eigenvalue weighted by Crippen LogP contribution is -2.46. The molecule has 0 saturated carbocycles. The van der Waals surface area contributed by atoms with Crippen LogP contribution in [0, 0.1) is 0 Å². The monoisotopic (exact) mass is 438 g/mol. The number of hydrogen-bond acceptors (Lipinski definition) is 8. The third-order valence-electron chi connectivity index (χ3n) is 4.48. The minimum Gasteiger partial charge on any atom is -0.461 e. The van der Waals surface area contributed by atoms with E-state index < -0.39 is 35.1 Å². The number of hydrogen-bond donors (Lipinski definition) is 2. The standard InChI is InChI=1S/C22H22N4O6/c1-3-31-21(29)18-19(27)16-11-15(9-10-17(16)24-25-18)26(20(28)13(2)23)22(30)32-12-14-7-5-4-6-8-14/h4-11,13H,3,12,23H2,1-2H3,(H,24,27)/t13-/m1/s1. The molecule has 10 nitrogen and oxygen atoms in total. The quantitative estimate of drug-likeness (QED) is 0.557. The average molecular weight is 438 g/mol. The van der Waals surface area contributed by atoms with E-state index in [1.807, 2.05) is 6.07 Å². The smallest absolute Gasteiger partial charge is 0.421 e. The Balaban J connectivity index is 2.00. The molecule has 2 amide bonds. The van der Waals surface area contributed by atoms with Gasteiger partial charge in [-0.15, -0.1) is 0 Å². The van der Waals surface area contributed by atoms with Crippen LogP contribution in [0.5, 0.6) is 0 Å². The lowest BCUT2D eigenvalue weighted by atomic mass is 10.1. The number of ether oxygens (including phenoxy) is 2. The molecule has 0 aliphatic carbocycles. The number of carbonyl (C=O) groups excluding carboxylic acids is 3. The molecule has 1 atom stereocenters. The highest BCUT2D eigenvalue weighted by atomic mass is 16.6. The predicted molar refractivity (Wildman–Crippen MR) is 116 cm³/mol. The van der Waals surface area contributed by atoms with E-state index in [1.165, 1.54) is 25.1 Å². The zero-order valence-electron chi connectivity index (χ0n) is 17.5. The second-order valence-electron chi connectivity index (χ2n) is 6.85. The SMILES string of the molecule is CCOC(=O)c1n[nH]c2ccc(N(C(=O)OCc3ccccc3)C(=O)[C@@H](C)N)cc2c1=O. The van der Waals surface area contributed by atoms with E-state index in [9.17, 15) is 19.2 Å². The highest BCUT2D eigenvalue weighted by Gasteiger charge is 2.28. The van der Waals surface area contributed by atoms with Crippen LogP contribution in [-0.4, -0.2) is 40.8 Å². The maximum Gasteiger partial charge on any atom is 0.421 e. The number of nitrogens with two attached hydrogens (primary N) is 1. The van der Waals surface area contributed by atoms with Gasteiger partial charge in [0.15, 0.2) is 0 Å². The average Bonchev–Trinajstić information content (AvgIpc) is 2.79. The van der Waals surface area contributed by atoms with Gasteiger partial charge in [0.05, 0.1) is 29.2 Å². The number of imide groups is 1. The molecule has 3 aromatic rings. The molecular formula is C22H22N4O6. The predicted octanol–water partition coefficient (Wildman–Crippen LogP) is 2.12. The fourth-order valence-electron chi connectivity index (χ4n) is 2.90. The number of benzene rings is 2. The maximum atomic E-state index is 12.8. The summed E-state index contributed by atoms with van der Waals surface area (Å²) in [6, 6.07) is 12.1. The largest absolute Gasteiger partial charge is 0.461 e. The van der Waals surface area contributed by atoms with Gasteiger partial charge in [0, 0.05) is 0 Å². The molecular weight excluding hydrogens is 416 g/mol. The van der Waals surface area contributed by atoms with E-state index in [-0.39, 0.29) is 24.3 Å². The lowest BCUT2D eigenvalue weighted by molar-refractivity contribution is -0.119. The van der Waals surface area contributed by atoms with Crippen LogP contribution >= 0.6 is 0 Å². The van der Waals surface area contributed by atoms with E-state index in [0.29, 0.717) is 5.52 Å². The molecule has 0 bridgehead atoms. The lowest BCUT2D eigenvalue weighted by Gasteiger charge is -2.22. The van der Waals surface area contributed by atoms with E-state index >= 15 is 0 Å². The summed E-state index contributed by atoms with van der Waals surface area (Å²) in [6.45, 7) is 3.04. The number of nitrogens with one attached hydrogen (secondary N) is 1. The summed E-state index contributed by atoms with van der Waals surface area (Å²) in [4.78, 5) is 51.0. The van der Waals surface area contributed by atoms with Crippen molar-refractivity contribution in [2.45, 2.75) is 26.5 Å². The highest BCUT2D eigenvalue weighted by molar-refractivity contribution is 6.14. The van der Waals surface area contributed by atoms with Gasteiger partial charge < -0.3 is 15.2 Å². The van der Waals surface area contributed by atoms with Crippen molar-refractivity contribution in [2.75, 3.05) is 11.5 Å². The number of fused-ring (bicyclic) bond motifs is 1. The number of nitrogens with zero attached hydrogens (tertiary/aromatic N) is 2. The first kappa shape index (κ1) is 22.6. The van der Waals surface area contributed by atoms with Crippen molar-refractivity contribution in [3.63, 3.8) is 0 Å². The Labute approximate surface area is 182 Å². The minimum atomic E-state index is -1.01. The van der Waals surface area contributed by atoms with E-state index in [0.717, 1.165) is 10.5 Å². The first-order valence-electron chi connectivity index (χ1n) is 9.83. The van der Waals surface area contributed by atoms with Crippen LogP contribution in [-0.2, 0) is 20.9 Å². The van der Waals surface area contributed by atoms with Gasteiger partial charge in [0.1, 0.15) is 6.61 Å². The molecule has 32 heavy (non-hydrogen) atoms. The van der Waals surface area contributed by atoms with Gasteiger partial charge in [-0.1, -0.05) is 30.3 Å². The Morgan fingerprint density at radius 1 is 1.12 bits per heavy atom. The summed E-state index contributed by atoms with van der Waals surface area (Å²) in [6.07, 6.45) is -0.952. The first-order chi connectivity index (χ1) is 15.3. The Morgan fingerprint density at radius 3 is 2.50 bits per heavy atom. The number of H-pyrrole nitrogens is 1. The van der Waals surface area contributed by atoms with Crippen molar-refractivity contribution in [1.29, 1.82) is 0 Å². The summed E-state index contributed by atoms with van der Waals surface area (Å²) in [5.41, 5.74) is 5.67. The number of esters is 1. The Bertz CT molecular complexity index is 1210. The van der Waals surface area contributed by atoms with E-state index in [4.69, 9.17) is 15.2 Å². The number of rotatable bonds is 6. The molecule has 1 heterocycles. The molecule has 1 aromatic heterocycles. The molecule has 2 aromatic carbocycles. The van der Waals surface area contributed by atoms with E-state index in [2.05, 4.69) is 10.2 Å². The summed E-state index contributed by atoms with van der Waals surface area (Å²) in [5.74, 6) is -1.61. The zero-order chi connectivity index (χ0) is 23.3. The number of carbonyl (C=O) groups is 3. The fourth-order valence-corrected chi connectivity index (χ4v) is 2.90.